The molecule has 2 aromatic heterocycles. The van der Waals surface area contributed by atoms with Crippen molar-refractivity contribution in [2.24, 2.45) is 5.41 Å². The molecule has 5 nitrogen and oxygen atoms in total. The van der Waals surface area contributed by atoms with Crippen molar-refractivity contribution in [2.45, 2.75) is 26.8 Å². The highest BCUT2D eigenvalue weighted by Gasteiger charge is 2.19. The number of hydrogen-bond donors (Lipinski definition) is 2. The minimum absolute atomic E-state index is 0.0909. The van der Waals surface area contributed by atoms with E-state index in [0.29, 0.717) is 0 Å². The van der Waals surface area contributed by atoms with Gasteiger partial charge in [0.05, 0.1) is 6.04 Å². The van der Waals surface area contributed by atoms with Crippen LogP contribution in [0.25, 0.3) is 5.65 Å². The van der Waals surface area contributed by atoms with Gasteiger partial charge < -0.3 is 10.4 Å². The first-order valence-electron chi connectivity index (χ1n) is 6.17. The van der Waals surface area contributed by atoms with Crippen LogP contribution in [0.3, 0.4) is 0 Å². The van der Waals surface area contributed by atoms with Crippen LogP contribution in [-0.2, 0) is 0 Å². The van der Waals surface area contributed by atoms with Crippen molar-refractivity contribution in [1.29, 1.82) is 0 Å². The van der Waals surface area contributed by atoms with Gasteiger partial charge in [-0.3, -0.25) is 4.40 Å². The van der Waals surface area contributed by atoms with Crippen LogP contribution in [-0.4, -0.2) is 32.9 Å². The van der Waals surface area contributed by atoms with E-state index in [-0.39, 0.29) is 18.1 Å². The van der Waals surface area contributed by atoms with Gasteiger partial charge in [0.25, 0.3) is 0 Å². The topological polar surface area (TPSA) is 62.5 Å². The largest absolute Gasteiger partial charge is 0.396 e. The number of aromatic nitrogens is 3. The van der Waals surface area contributed by atoms with E-state index < -0.39 is 0 Å². The highest BCUT2D eigenvalue weighted by molar-refractivity contribution is 5.37. The van der Waals surface area contributed by atoms with E-state index in [1.54, 1.807) is 0 Å². The van der Waals surface area contributed by atoms with Crippen molar-refractivity contribution >= 4 is 5.65 Å². The molecule has 1 atom stereocenters. The van der Waals surface area contributed by atoms with Gasteiger partial charge in [0.15, 0.2) is 11.5 Å². The molecule has 0 radical (unpaired) electrons. The lowest BCUT2D eigenvalue weighted by molar-refractivity contribution is 0.153. The number of aliphatic hydroxyl groups is 1. The summed E-state index contributed by atoms with van der Waals surface area (Å²) in [4.78, 5) is 0. The molecule has 2 aromatic rings. The number of hydrogen-bond acceptors (Lipinski definition) is 4. The van der Waals surface area contributed by atoms with Crippen LogP contribution in [0.2, 0.25) is 0 Å². The summed E-state index contributed by atoms with van der Waals surface area (Å²) in [6, 6.07) is 5.93. The van der Waals surface area contributed by atoms with Crippen LogP contribution in [0, 0.1) is 5.41 Å². The maximum Gasteiger partial charge on any atom is 0.160 e. The first-order valence-corrected chi connectivity index (χ1v) is 6.17. The second kappa shape index (κ2) is 5.04. The van der Waals surface area contributed by atoms with E-state index in [0.717, 1.165) is 18.0 Å². The maximum absolute atomic E-state index is 9.24. The monoisotopic (exact) mass is 248 g/mol. The Labute approximate surface area is 107 Å². The van der Waals surface area contributed by atoms with E-state index in [1.165, 1.54) is 0 Å². The first-order chi connectivity index (χ1) is 8.53. The van der Waals surface area contributed by atoms with Crippen LogP contribution in [0.1, 0.15) is 32.6 Å². The lowest BCUT2D eigenvalue weighted by Gasteiger charge is -2.24. The van der Waals surface area contributed by atoms with Crippen LogP contribution < -0.4 is 5.32 Å². The standard InChI is InChI=1S/C13H20N4O/c1-10(14-8-13(2,3)9-18)12-16-15-11-6-4-5-7-17(11)12/h4-7,10,14,18H,8-9H2,1-3H3. The fourth-order valence-electron chi connectivity index (χ4n) is 1.73. The molecule has 0 saturated heterocycles. The van der Waals surface area contributed by atoms with E-state index in [2.05, 4.69) is 22.4 Å². The molecule has 0 aromatic carbocycles. The highest BCUT2D eigenvalue weighted by atomic mass is 16.3. The van der Waals surface area contributed by atoms with Crippen molar-refractivity contribution in [1.82, 2.24) is 19.9 Å². The lowest BCUT2D eigenvalue weighted by atomic mass is 9.94. The quantitative estimate of drug-likeness (QED) is 0.839. The highest BCUT2D eigenvalue weighted by Crippen LogP contribution is 2.16. The van der Waals surface area contributed by atoms with E-state index in [1.807, 2.05) is 42.6 Å². The number of rotatable bonds is 5. The van der Waals surface area contributed by atoms with Gasteiger partial charge in [-0.2, -0.15) is 0 Å². The summed E-state index contributed by atoms with van der Waals surface area (Å²) in [6.45, 7) is 6.99. The summed E-state index contributed by atoms with van der Waals surface area (Å²) >= 11 is 0. The van der Waals surface area contributed by atoms with Crippen molar-refractivity contribution in [3.63, 3.8) is 0 Å². The molecule has 0 aliphatic carbocycles. The smallest absolute Gasteiger partial charge is 0.160 e. The zero-order valence-corrected chi connectivity index (χ0v) is 11.1. The molecule has 1 unspecified atom stereocenters. The number of nitrogens with zero attached hydrogens (tertiary/aromatic N) is 3. The molecule has 2 rings (SSSR count). The van der Waals surface area contributed by atoms with Crippen LogP contribution >= 0.6 is 0 Å². The third kappa shape index (κ3) is 2.68. The molecular weight excluding hydrogens is 228 g/mol. The summed E-state index contributed by atoms with van der Waals surface area (Å²) in [5.74, 6) is 0.888. The molecule has 5 heteroatoms. The van der Waals surface area contributed by atoms with E-state index in [4.69, 9.17) is 0 Å². The second-order valence-electron chi connectivity index (χ2n) is 5.41. The Morgan fingerprint density at radius 1 is 1.39 bits per heavy atom. The third-order valence-corrected chi connectivity index (χ3v) is 3.04. The molecule has 0 fully saturated rings. The number of nitrogens with one attached hydrogen (secondary N) is 1. The molecule has 0 amide bonds. The Kier molecular flexibility index (Phi) is 3.63. The molecule has 0 aliphatic rings. The normalized spacial score (nSPS) is 14.0. The minimum atomic E-state index is -0.130. The summed E-state index contributed by atoms with van der Waals surface area (Å²) in [5.41, 5.74) is 0.719. The fourth-order valence-corrected chi connectivity index (χ4v) is 1.73. The molecule has 18 heavy (non-hydrogen) atoms. The van der Waals surface area contributed by atoms with Gasteiger partial charge in [-0.05, 0) is 19.1 Å². The Balaban J connectivity index is 2.12. The van der Waals surface area contributed by atoms with Gasteiger partial charge >= 0.3 is 0 Å². The molecule has 2 heterocycles. The number of pyridine rings is 1. The summed E-state index contributed by atoms with van der Waals surface area (Å²) < 4.78 is 1.98. The van der Waals surface area contributed by atoms with Crippen molar-refractivity contribution in [2.75, 3.05) is 13.2 Å². The fraction of sp³-hybridized carbons (Fsp3) is 0.538. The Hall–Kier alpha value is -1.46. The van der Waals surface area contributed by atoms with E-state index in [9.17, 15) is 5.11 Å². The third-order valence-electron chi connectivity index (χ3n) is 3.04. The average Bonchev–Trinajstić information content (AvgIpc) is 2.80. The summed E-state index contributed by atoms with van der Waals surface area (Å²) in [7, 11) is 0. The van der Waals surface area contributed by atoms with Crippen LogP contribution in [0.5, 0.6) is 0 Å². The van der Waals surface area contributed by atoms with Crippen molar-refractivity contribution < 1.29 is 5.11 Å². The maximum atomic E-state index is 9.24. The SMILES string of the molecule is CC(NCC(C)(C)CO)c1nnc2ccccn12. The van der Waals surface area contributed by atoms with Gasteiger partial charge in [-0.15, -0.1) is 10.2 Å². The summed E-state index contributed by atoms with van der Waals surface area (Å²) in [6.07, 6.45) is 1.96. The molecule has 98 valence electrons. The van der Waals surface area contributed by atoms with Gasteiger partial charge in [-0.25, -0.2) is 0 Å². The molecular formula is C13H20N4O. The van der Waals surface area contributed by atoms with Gasteiger partial charge in [0, 0.05) is 24.8 Å². The molecule has 0 aliphatic heterocycles. The number of fused-ring (bicyclic) bond motifs is 1. The first kappa shape index (κ1) is 13.0. The lowest BCUT2D eigenvalue weighted by Crippen LogP contribution is -2.34. The molecule has 2 N–H and O–H groups in total. The minimum Gasteiger partial charge on any atom is -0.396 e. The van der Waals surface area contributed by atoms with Crippen LogP contribution in [0.4, 0.5) is 0 Å². The van der Waals surface area contributed by atoms with Crippen LogP contribution in [0.15, 0.2) is 24.4 Å². The Morgan fingerprint density at radius 2 is 2.17 bits per heavy atom. The van der Waals surface area contributed by atoms with Gasteiger partial charge in [-0.1, -0.05) is 19.9 Å². The van der Waals surface area contributed by atoms with Crippen molar-refractivity contribution in [3.05, 3.63) is 30.2 Å². The van der Waals surface area contributed by atoms with Crippen molar-refractivity contribution in [3.8, 4) is 0 Å². The predicted molar refractivity (Wildman–Crippen MR) is 70.3 cm³/mol. The van der Waals surface area contributed by atoms with E-state index >= 15 is 0 Å². The predicted octanol–water partition coefficient (Wildman–Crippen LogP) is 1.40. The zero-order valence-electron chi connectivity index (χ0n) is 11.1. The summed E-state index contributed by atoms with van der Waals surface area (Å²) in [5, 5.41) is 21.0. The van der Waals surface area contributed by atoms with Gasteiger partial charge in [0.2, 0.25) is 0 Å². The Bertz CT molecular complexity index is 520. The molecule has 0 bridgehead atoms. The zero-order chi connectivity index (χ0) is 13.2. The number of aliphatic hydroxyl groups excluding tert-OH is 1. The second-order valence-corrected chi connectivity index (χ2v) is 5.41. The molecule has 0 spiro atoms. The Morgan fingerprint density at radius 3 is 2.89 bits per heavy atom. The van der Waals surface area contributed by atoms with Gasteiger partial charge in [0.1, 0.15) is 0 Å². The molecule has 0 saturated carbocycles. The average molecular weight is 248 g/mol.